The fourth-order valence-corrected chi connectivity index (χ4v) is 2.87. The lowest BCUT2D eigenvalue weighted by Crippen LogP contribution is -2.53. The van der Waals surface area contributed by atoms with Gasteiger partial charge in [-0.25, -0.2) is 4.79 Å². The second kappa shape index (κ2) is 7.38. The molecular weight excluding hydrogens is 385 g/mol. The Hall–Kier alpha value is -2.68. The van der Waals surface area contributed by atoms with Crippen LogP contribution in [0.2, 0.25) is 0 Å². The van der Waals surface area contributed by atoms with Crippen LogP contribution >= 0.6 is 0 Å². The highest BCUT2D eigenvalue weighted by molar-refractivity contribution is 5.89. The molecule has 2 fully saturated rings. The van der Waals surface area contributed by atoms with E-state index < -0.39 is 55.0 Å². The van der Waals surface area contributed by atoms with Crippen LogP contribution in [0.25, 0.3) is 0 Å². The van der Waals surface area contributed by atoms with Gasteiger partial charge in [0.25, 0.3) is 5.79 Å². The van der Waals surface area contributed by atoms with Gasteiger partial charge in [-0.05, 0) is 12.1 Å². The smallest absolute Gasteiger partial charge is 0.459 e. The second-order valence-corrected chi connectivity index (χ2v) is 6.26. The molecule has 28 heavy (non-hydrogen) atoms. The molecule has 0 radical (unpaired) electrons. The number of halogens is 3. The van der Waals surface area contributed by atoms with E-state index in [1.807, 2.05) is 0 Å². The van der Waals surface area contributed by atoms with Crippen molar-refractivity contribution in [3.05, 3.63) is 35.9 Å². The molecule has 1 unspecified atom stereocenters. The standard InChI is InChI=1S/C17H15F3N2O6/c1-16(8-21)27-12-11(22-15(24)17(18,19)20)10(26-14(12)28-16)7-25-13(23)9-5-3-2-4-6-9/h2-6,10-12,14H,7H2,1H3,(H,22,24)/t10-,11-,12-,14-,16?/m1/s1. The molecule has 5 atom stereocenters. The van der Waals surface area contributed by atoms with Gasteiger partial charge < -0.3 is 24.3 Å². The molecule has 3 rings (SSSR count). The minimum absolute atomic E-state index is 0.237. The molecular formula is C17H15F3N2O6. The van der Waals surface area contributed by atoms with E-state index in [9.17, 15) is 22.8 Å². The van der Waals surface area contributed by atoms with Gasteiger partial charge in [0, 0.05) is 6.92 Å². The van der Waals surface area contributed by atoms with E-state index in [1.54, 1.807) is 29.6 Å². The first-order valence-corrected chi connectivity index (χ1v) is 8.15. The number of nitrogens with one attached hydrogen (secondary N) is 1. The fourth-order valence-electron chi connectivity index (χ4n) is 2.87. The van der Waals surface area contributed by atoms with Crippen LogP contribution in [0.3, 0.4) is 0 Å². The molecule has 11 heteroatoms. The SMILES string of the molecule is CC1(C#N)O[C@H]2O[C@H](COC(=O)c3ccccc3)[C@@H](NC(=O)C(F)(F)F)[C@H]2O1. The highest BCUT2D eigenvalue weighted by Crippen LogP contribution is 2.38. The molecule has 0 spiro atoms. The maximum atomic E-state index is 12.7. The Morgan fingerprint density at radius 1 is 1.29 bits per heavy atom. The van der Waals surface area contributed by atoms with Gasteiger partial charge in [-0.15, -0.1) is 0 Å². The Morgan fingerprint density at radius 3 is 2.57 bits per heavy atom. The van der Waals surface area contributed by atoms with Crippen LogP contribution in [0.5, 0.6) is 0 Å². The first-order valence-electron chi connectivity index (χ1n) is 8.15. The Morgan fingerprint density at radius 2 is 1.96 bits per heavy atom. The molecule has 0 aliphatic carbocycles. The maximum absolute atomic E-state index is 12.7. The zero-order chi connectivity index (χ0) is 20.5. The van der Waals surface area contributed by atoms with Crippen molar-refractivity contribution in [3.8, 4) is 6.07 Å². The molecule has 150 valence electrons. The number of amides is 1. The first kappa shape index (κ1) is 20.1. The van der Waals surface area contributed by atoms with Crippen molar-refractivity contribution >= 4 is 11.9 Å². The Labute approximate surface area is 157 Å². The van der Waals surface area contributed by atoms with Crippen LogP contribution in [-0.4, -0.2) is 55.0 Å². The van der Waals surface area contributed by atoms with E-state index >= 15 is 0 Å². The summed E-state index contributed by atoms with van der Waals surface area (Å²) >= 11 is 0. The lowest BCUT2D eigenvalue weighted by Gasteiger charge is -2.25. The molecule has 1 N–H and O–H groups in total. The number of carbonyl (C=O) groups is 2. The zero-order valence-electron chi connectivity index (χ0n) is 14.4. The van der Waals surface area contributed by atoms with Crippen molar-refractivity contribution in [2.24, 2.45) is 0 Å². The third-order valence-corrected chi connectivity index (χ3v) is 4.18. The van der Waals surface area contributed by atoms with Crippen molar-refractivity contribution in [1.29, 1.82) is 5.26 Å². The summed E-state index contributed by atoms with van der Waals surface area (Å²) in [4.78, 5) is 23.4. The number of nitrogens with zero attached hydrogens (tertiary/aromatic N) is 1. The number of rotatable bonds is 4. The Bertz CT molecular complexity index is 796. The number of ether oxygens (including phenoxy) is 4. The number of carbonyl (C=O) groups excluding carboxylic acids is 2. The summed E-state index contributed by atoms with van der Waals surface area (Å²) in [6.07, 6.45) is -8.70. The number of nitriles is 1. The number of hydrogen-bond acceptors (Lipinski definition) is 7. The summed E-state index contributed by atoms with van der Waals surface area (Å²) in [5.74, 6) is -4.66. The molecule has 2 heterocycles. The van der Waals surface area contributed by atoms with E-state index in [1.165, 1.54) is 19.1 Å². The molecule has 2 aliphatic heterocycles. The van der Waals surface area contributed by atoms with Crippen molar-refractivity contribution in [2.75, 3.05) is 6.61 Å². The third kappa shape index (κ3) is 4.09. The van der Waals surface area contributed by atoms with Gasteiger partial charge in [0.05, 0.1) is 11.6 Å². The van der Waals surface area contributed by atoms with E-state index in [4.69, 9.17) is 24.2 Å². The maximum Gasteiger partial charge on any atom is 0.471 e. The van der Waals surface area contributed by atoms with Crippen molar-refractivity contribution in [3.63, 3.8) is 0 Å². The van der Waals surface area contributed by atoms with Crippen LogP contribution in [0.4, 0.5) is 13.2 Å². The predicted octanol–water partition coefficient (Wildman–Crippen LogP) is 1.27. The quantitative estimate of drug-likeness (QED) is 0.759. The molecule has 0 aromatic heterocycles. The van der Waals surface area contributed by atoms with Crippen LogP contribution in [0.1, 0.15) is 17.3 Å². The fraction of sp³-hybridized carbons (Fsp3) is 0.471. The first-order chi connectivity index (χ1) is 13.1. The van der Waals surface area contributed by atoms with E-state index in [0.717, 1.165) is 0 Å². The number of esters is 1. The topological polar surface area (TPSA) is 107 Å². The van der Waals surface area contributed by atoms with Gasteiger partial charge in [0.2, 0.25) is 0 Å². The summed E-state index contributed by atoms with van der Waals surface area (Å²) in [6, 6.07) is 8.29. The van der Waals surface area contributed by atoms with Crippen molar-refractivity contribution in [1.82, 2.24) is 5.32 Å². The van der Waals surface area contributed by atoms with Gasteiger partial charge in [0.15, 0.2) is 6.29 Å². The normalized spacial score (nSPS) is 31.7. The summed E-state index contributed by atoms with van der Waals surface area (Å²) < 4.78 is 59.1. The predicted molar refractivity (Wildman–Crippen MR) is 83.3 cm³/mol. The molecule has 0 saturated carbocycles. The number of hydrogen-bond donors (Lipinski definition) is 1. The lowest BCUT2D eigenvalue weighted by atomic mass is 10.1. The molecule has 8 nitrogen and oxygen atoms in total. The summed E-state index contributed by atoms with van der Waals surface area (Å²) in [6.45, 7) is 0.807. The number of fused-ring (bicyclic) bond motifs is 1. The van der Waals surface area contributed by atoms with Gasteiger partial charge in [-0.2, -0.15) is 18.4 Å². The minimum Gasteiger partial charge on any atom is -0.459 e. The van der Waals surface area contributed by atoms with Gasteiger partial charge in [0.1, 0.15) is 24.9 Å². The highest BCUT2D eigenvalue weighted by Gasteiger charge is 2.58. The summed E-state index contributed by atoms with van der Waals surface area (Å²) in [5, 5.41) is 10.8. The molecule has 1 aromatic carbocycles. The highest BCUT2D eigenvalue weighted by atomic mass is 19.4. The Balaban J connectivity index is 1.71. The molecule has 1 aromatic rings. The van der Waals surface area contributed by atoms with Crippen LogP contribution in [0, 0.1) is 11.3 Å². The molecule has 2 saturated heterocycles. The van der Waals surface area contributed by atoms with Crippen LogP contribution in [0.15, 0.2) is 30.3 Å². The van der Waals surface area contributed by atoms with E-state index in [2.05, 4.69) is 0 Å². The van der Waals surface area contributed by atoms with E-state index in [0.29, 0.717) is 0 Å². The number of alkyl halides is 3. The monoisotopic (exact) mass is 400 g/mol. The second-order valence-electron chi connectivity index (χ2n) is 6.26. The van der Waals surface area contributed by atoms with Crippen LogP contribution < -0.4 is 5.32 Å². The minimum atomic E-state index is -5.14. The molecule has 1 amide bonds. The van der Waals surface area contributed by atoms with E-state index in [-0.39, 0.29) is 5.56 Å². The summed E-state index contributed by atoms with van der Waals surface area (Å²) in [7, 11) is 0. The van der Waals surface area contributed by atoms with Crippen molar-refractivity contribution < 1.29 is 41.7 Å². The lowest BCUT2D eigenvalue weighted by molar-refractivity contribution is -0.194. The third-order valence-electron chi connectivity index (χ3n) is 4.18. The van der Waals surface area contributed by atoms with Crippen LogP contribution in [-0.2, 0) is 23.7 Å². The summed E-state index contributed by atoms with van der Waals surface area (Å²) in [5.41, 5.74) is 0.237. The number of benzene rings is 1. The van der Waals surface area contributed by atoms with Crippen molar-refractivity contribution in [2.45, 2.75) is 43.4 Å². The Kier molecular flexibility index (Phi) is 5.29. The van der Waals surface area contributed by atoms with Gasteiger partial charge in [-0.1, -0.05) is 18.2 Å². The van der Waals surface area contributed by atoms with Gasteiger partial charge >= 0.3 is 18.1 Å². The molecule has 0 bridgehead atoms. The molecule has 2 aliphatic rings. The zero-order valence-corrected chi connectivity index (χ0v) is 14.4. The van der Waals surface area contributed by atoms with Gasteiger partial charge in [-0.3, -0.25) is 4.79 Å². The average Bonchev–Trinajstić information content (AvgIpc) is 3.14. The average molecular weight is 400 g/mol. The largest absolute Gasteiger partial charge is 0.471 e.